The van der Waals surface area contributed by atoms with Gasteiger partial charge in [-0.05, 0) is 61.2 Å². The van der Waals surface area contributed by atoms with Gasteiger partial charge in [0.05, 0.1) is 0 Å². The fourth-order valence-electron chi connectivity index (χ4n) is 1.16. The molecule has 17 heavy (non-hydrogen) atoms. The van der Waals surface area contributed by atoms with Gasteiger partial charge in [-0.3, -0.25) is 5.32 Å². The van der Waals surface area contributed by atoms with Gasteiger partial charge in [-0.2, -0.15) is 0 Å². The Balaban J connectivity index is 2.72. The number of rotatable bonds is 2. The Morgan fingerprint density at radius 1 is 1.41 bits per heavy atom. The summed E-state index contributed by atoms with van der Waals surface area (Å²) in [5.74, 6) is 0. The summed E-state index contributed by atoms with van der Waals surface area (Å²) in [6.07, 6.45) is 1.55. The molecule has 0 bridgehead atoms. The van der Waals surface area contributed by atoms with Crippen LogP contribution in [0.3, 0.4) is 0 Å². The molecule has 0 spiro atoms. The summed E-state index contributed by atoms with van der Waals surface area (Å²) in [5, 5.41) is 2.71. The van der Waals surface area contributed by atoms with E-state index in [0.717, 1.165) is 15.1 Å². The first-order chi connectivity index (χ1) is 7.81. The van der Waals surface area contributed by atoms with Crippen LogP contribution >= 0.6 is 27.7 Å². The number of hydrogen-bond donors (Lipinski definition) is 1. The van der Waals surface area contributed by atoms with Crippen molar-refractivity contribution in [2.24, 2.45) is 0 Å². The summed E-state index contributed by atoms with van der Waals surface area (Å²) in [7, 11) is 0. The van der Waals surface area contributed by atoms with E-state index in [0.29, 0.717) is 0 Å². The monoisotopic (exact) mass is 317 g/mol. The van der Waals surface area contributed by atoms with Gasteiger partial charge in [0.15, 0.2) is 0 Å². The summed E-state index contributed by atoms with van der Waals surface area (Å²) in [6.45, 7) is 5.50. The van der Waals surface area contributed by atoms with Gasteiger partial charge in [0, 0.05) is 15.1 Å². The van der Waals surface area contributed by atoms with Gasteiger partial charge in [-0.1, -0.05) is 0 Å². The highest BCUT2D eigenvalue weighted by molar-refractivity contribution is 9.10. The quantitative estimate of drug-likeness (QED) is 0.815. The largest absolute Gasteiger partial charge is 0.444 e. The van der Waals surface area contributed by atoms with Crippen LogP contribution < -0.4 is 5.32 Å². The van der Waals surface area contributed by atoms with Crippen molar-refractivity contribution in [2.75, 3.05) is 11.6 Å². The third-order valence-corrected chi connectivity index (χ3v) is 3.53. The molecule has 0 aliphatic carbocycles. The molecule has 94 valence electrons. The first-order valence-corrected chi connectivity index (χ1v) is 7.17. The van der Waals surface area contributed by atoms with Gasteiger partial charge in [0.25, 0.3) is 0 Å². The number of anilines is 1. The Bertz CT molecular complexity index is 415. The summed E-state index contributed by atoms with van der Waals surface area (Å²) in [4.78, 5) is 12.6. The zero-order valence-corrected chi connectivity index (χ0v) is 12.7. The average Bonchev–Trinajstić information content (AvgIpc) is 2.18. The lowest BCUT2D eigenvalue weighted by Gasteiger charge is -2.19. The number of thioether (sulfide) groups is 1. The van der Waals surface area contributed by atoms with E-state index >= 15 is 0 Å². The predicted octanol–water partition coefficient (Wildman–Crippen LogP) is 4.52. The molecule has 5 heteroatoms. The van der Waals surface area contributed by atoms with E-state index in [1.165, 1.54) is 0 Å². The molecule has 1 aromatic carbocycles. The molecule has 0 unspecified atom stereocenters. The van der Waals surface area contributed by atoms with Crippen molar-refractivity contribution in [3.8, 4) is 0 Å². The second-order valence-electron chi connectivity index (χ2n) is 4.48. The molecule has 0 heterocycles. The van der Waals surface area contributed by atoms with Crippen LogP contribution in [-0.2, 0) is 4.74 Å². The maximum Gasteiger partial charge on any atom is 0.412 e. The van der Waals surface area contributed by atoms with Crippen LogP contribution in [0.4, 0.5) is 10.5 Å². The van der Waals surface area contributed by atoms with Crippen LogP contribution in [0, 0.1) is 0 Å². The van der Waals surface area contributed by atoms with Crippen molar-refractivity contribution in [3.63, 3.8) is 0 Å². The van der Waals surface area contributed by atoms with E-state index < -0.39 is 11.7 Å². The van der Waals surface area contributed by atoms with Crippen LogP contribution in [0.1, 0.15) is 20.8 Å². The second-order valence-corrected chi connectivity index (χ2v) is 6.18. The van der Waals surface area contributed by atoms with Gasteiger partial charge in [0.1, 0.15) is 5.60 Å². The van der Waals surface area contributed by atoms with E-state index in [2.05, 4.69) is 21.2 Å². The van der Waals surface area contributed by atoms with E-state index in [9.17, 15) is 4.79 Å². The fourth-order valence-corrected chi connectivity index (χ4v) is 2.40. The molecule has 0 aliphatic heterocycles. The van der Waals surface area contributed by atoms with E-state index in [1.807, 2.05) is 45.2 Å². The van der Waals surface area contributed by atoms with E-state index in [4.69, 9.17) is 4.74 Å². The third-order valence-electron chi connectivity index (χ3n) is 1.80. The Morgan fingerprint density at radius 3 is 2.59 bits per heavy atom. The lowest BCUT2D eigenvalue weighted by Crippen LogP contribution is -2.27. The molecule has 1 N–H and O–H groups in total. The number of carbonyl (C=O) groups is 1. The van der Waals surface area contributed by atoms with E-state index in [-0.39, 0.29) is 0 Å². The van der Waals surface area contributed by atoms with Crippen molar-refractivity contribution in [1.29, 1.82) is 0 Å². The smallest absolute Gasteiger partial charge is 0.412 e. The normalized spacial score (nSPS) is 11.1. The highest BCUT2D eigenvalue weighted by atomic mass is 79.9. The molecule has 1 amide bonds. The SMILES string of the molecule is CSc1cc(NC(=O)OC(C)(C)C)ccc1Br. The van der Waals surface area contributed by atoms with Crippen LogP contribution in [0.5, 0.6) is 0 Å². The van der Waals surface area contributed by atoms with Crippen LogP contribution in [-0.4, -0.2) is 18.0 Å². The molecule has 0 fully saturated rings. The molecule has 0 atom stereocenters. The van der Waals surface area contributed by atoms with Crippen molar-refractivity contribution in [2.45, 2.75) is 31.3 Å². The Kier molecular flexibility index (Phi) is 4.89. The van der Waals surface area contributed by atoms with Gasteiger partial charge in [0.2, 0.25) is 0 Å². The van der Waals surface area contributed by atoms with Gasteiger partial charge in [-0.15, -0.1) is 11.8 Å². The maximum atomic E-state index is 11.6. The maximum absolute atomic E-state index is 11.6. The minimum atomic E-state index is -0.484. The summed E-state index contributed by atoms with van der Waals surface area (Å²) in [6, 6.07) is 5.63. The highest BCUT2D eigenvalue weighted by Crippen LogP contribution is 2.28. The molecule has 1 aromatic rings. The van der Waals surface area contributed by atoms with E-state index in [1.54, 1.807) is 11.8 Å². The molecule has 0 saturated heterocycles. The number of carbonyl (C=O) groups excluding carboxylic acids is 1. The lowest BCUT2D eigenvalue weighted by atomic mass is 10.2. The van der Waals surface area contributed by atoms with Crippen LogP contribution in [0.25, 0.3) is 0 Å². The fraction of sp³-hybridized carbons (Fsp3) is 0.417. The summed E-state index contributed by atoms with van der Waals surface area (Å²) in [5.41, 5.74) is 0.244. The molecular weight excluding hydrogens is 302 g/mol. The van der Waals surface area contributed by atoms with Crippen molar-refractivity contribution >= 4 is 39.5 Å². The number of benzene rings is 1. The van der Waals surface area contributed by atoms with Crippen molar-refractivity contribution in [1.82, 2.24) is 0 Å². The molecule has 0 saturated carbocycles. The van der Waals surface area contributed by atoms with Gasteiger partial charge < -0.3 is 4.74 Å². The van der Waals surface area contributed by atoms with Gasteiger partial charge >= 0.3 is 6.09 Å². The molecule has 0 aromatic heterocycles. The third kappa shape index (κ3) is 5.00. The summed E-state index contributed by atoms with van der Waals surface area (Å²) >= 11 is 5.05. The molecule has 0 radical (unpaired) electrons. The first-order valence-electron chi connectivity index (χ1n) is 5.15. The molecule has 1 rings (SSSR count). The first kappa shape index (κ1) is 14.4. The Hall–Kier alpha value is -0.680. The molecule has 3 nitrogen and oxygen atoms in total. The minimum Gasteiger partial charge on any atom is -0.444 e. The number of hydrogen-bond acceptors (Lipinski definition) is 3. The highest BCUT2D eigenvalue weighted by Gasteiger charge is 2.16. The second kappa shape index (κ2) is 5.78. The van der Waals surface area contributed by atoms with Crippen LogP contribution in [0.15, 0.2) is 27.6 Å². The lowest BCUT2D eigenvalue weighted by molar-refractivity contribution is 0.0636. The zero-order valence-electron chi connectivity index (χ0n) is 10.3. The molecular formula is C12H16BrNO2S. The van der Waals surface area contributed by atoms with Gasteiger partial charge in [-0.25, -0.2) is 4.79 Å². The topological polar surface area (TPSA) is 38.3 Å². The Labute approximate surface area is 114 Å². The van der Waals surface area contributed by atoms with Crippen molar-refractivity contribution in [3.05, 3.63) is 22.7 Å². The minimum absolute atomic E-state index is 0.438. The Morgan fingerprint density at radius 2 is 2.06 bits per heavy atom. The standard InChI is InChI=1S/C12H16BrNO2S/c1-12(2,3)16-11(15)14-8-5-6-9(13)10(7-8)17-4/h5-7H,1-4H3,(H,14,15). The summed E-state index contributed by atoms with van der Waals surface area (Å²) < 4.78 is 6.19. The average molecular weight is 318 g/mol. The number of halogens is 1. The molecule has 0 aliphatic rings. The number of nitrogens with one attached hydrogen (secondary N) is 1. The number of ether oxygens (including phenoxy) is 1. The predicted molar refractivity (Wildman–Crippen MR) is 75.8 cm³/mol. The van der Waals surface area contributed by atoms with Crippen LogP contribution in [0.2, 0.25) is 0 Å². The number of amides is 1. The zero-order chi connectivity index (χ0) is 13.1. The van der Waals surface area contributed by atoms with Crippen molar-refractivity contribution < 1.29 is 9.53 Å².